The van der Waals surface area contributed by atoms with Crippen LogP contribution in [0.2, 0.25) is 0 Å². The van der Waals surface area contributed by atoms with Crippen LogP contribution in [0.5, 0.6) is 0 Å². The van der Waals surface area contributed by atoms with Crippen molar-refractivity contribution in [2.75, 3.05) is 26.4 Å². The normalized spacial score (nSPS) is 20.6. The van der Waals surface area contributed by atoms with Gasteiger partial charge in [-0.15, -0.1) is 0 Å². The zero-order valence-electron chi connectivity index (χ0n) is 36.0. The van der Waals surface area contributed by atoms with Gasteiger partial charge >= 0.3 is 5.97 Å². The van der Waals surface area contributed by atoms with Gasteiger partial charge in [0.1, 0.15) is 30.5 Å². The average Bonchev–Trinajstić information content (AvgIpc) is 3.18. The molecule has 0 aromatic carbocycles. The first-order valence-corrected chi connectivity index (χ1v) is 23.6. The van der Waals surface area contributed by atoms with Gasteiger partial charge in [-0.1, -0.05) is 206 Å². The number of carbonyl (C=O) groups excluding carboxylic acids is 1. The van der Waals surface area contributed by atoms with Crippen molar-refractivity contribution < 1.29 is 44.2 Å². The van der Waals surface area contributed by atoms with E-state index >= 15 is 0 Å². The summed E-state index contributed by atoms with van der Waals surface area (Å²) in [7, 11) is 0. The predicted octanol–water partition coefficient (Wildman–Crippen LogP) is 10.6. The summed E-state index contributed by atoms with van der Waals surface area (Å²) < 4.78 is 22.7. The van der Waals surface area contributed by atoms with Crippen LogP contribution in [0.3, 0.4) is 0 Å². The minimum Gasteiger partial charge on any atom is -0.457 e. The first kappa shape index (κ1) is 52.2. The van der Waals surface area contributed by atoms with E-state index in [9.17, 15) is 25.2 Å². The Balaban J connectivity index is 2.07. The quantitative estimate of drug-likeness (QED) is 0.0353. The number of aliphatic hydroxyl groups excluding tert-OH is 4. The molecule has 9 heteroatoms. The fourth-order valence-corrected chi connectivity index (χ4v) is 7.55. The second kappa shape index (κ2) is 38.7. The molecule has 6 atom stereocenters. The van der Waals surface area contributed by atoms with Crippen LogP contribution in [0.1, 0.15) is 226 Å². The molecule has 4 N–H and O–H groups in total. The van der Waals surface area contributed by atoms with Crippen molar-refractivity contribution in [1.82, 2.24) is 0 Å². The second-order valence-corrected chi connectivity index (χ2v) is 16.6. The Morgan fingerprint density at radius 3 is 1.29 bits per heavy atom. The van der Waals surface area contributed by atoms with Crippen LogP contribution in [-0.4, -0.2) is 89.6 Å². The minimum absolute atomic E-state index is 0.106. The monoisotopic (exact) mass is 787 g/mol. The number of unbranched alkanes of at least 4 members (excludes halogenated alkanes) is 30. The molecule has 1 fully saturated rings. The first-order chi connectivity index (χ1) is 26.9. The zero-order chi connectivity index (χ0) is 40.0. The molecule has 55 heavy (non-hydrogen) atoms. The summed E-state index contributed by atoms with van der Waals surface area (Å²) in [5.41, 5.74) is 0. The van der Waals surface area contributed by atoms with E-state index in [1.54, 1.807) is 0 Å². The molecule has 0 spiro atoms. The van der Waals surface area contributed by atoms with E-state index in [1.807, 2.05) is 0 Å². The largest absolute Gasteiger partial charge is 0.457 e. The Labute approximate surface area is 338 Å². The number of aliphatic hydroxyl groups is 4. The first-order valence-electron chi connectivity index (χ1n) is 23.6. The number of hydrogen-bond donors (Lipinski definition) is 4. The summed E-state index contributed by atoms with van der Waals surface area (Å²) in [5, 5.41) is 40.0. The van der Waals surface area contributed by atoms with E-state index in [2.05, 4.69) is 13.8 Å². The molecule has 1 rings (SSSR count). The van der Waals surface area contributed by atoms with Crippen LogP contribution in [0, 0.1) is 0 Å². The van der Waals surface area contributed by atoms with E-state index in [4.69, 9.17) is 18.9 Å². The Bertz CT molecular complexity index is 812. The van der Waals surface area contributed by atoms with Crippen LogP contribution in [-0.2, 0) is 23.7 Å². The molecule has 0 aliphatic carbocycles. The van der Waals surface area contributed by atoms with Gasteiger partial charge in [0.2, 0.25) is 0 Å². The standard InChI is InChI=1S/C46H90O9/c1-3-5-7-9-11-12-13-14-15-16-17-18-19-20-21-22-23-24-25-26-27-28-30-32-34-36-52-38-40(54-42(48)35-33-31-29-10-8-6-4-2)39-53-46-45(51)44(50)43(49)41(37-47)55-46/h40-41,43-47,49-51H,3-39H2,1-2H3. The van der Waals surface area contributed by atoms with Gasteiger partial charge in [-0.05, 0) is 12.8 Å². The summed E-state index contributed by atoms with van der Waals surface area (Å²) in [6.07, 6.45) is 34.6. The molecule has 1 aliphatic rings. The molecule has 1 heterocycles. The highest BCUT2D eigenvalue weighted by Crippen LogP contribution is 2.23. The fourth-order valence-electron chi connectivity index (χ4n) is 7.55. The molecule has 1 saturated heterocycles. The average molecular weight is 787 g/mol. The Morgan fingerprint density at radius 2 is 0.891 bits per heavy atom. The van der Waals surface area contributed by atoms with Crippen LogP contribution >= 0.6 is 0 Å². The Hall–Kier alpha value is -0.810. The van der Waals surface area contributed by atoms with E-state index in [0.29, 0.717) is 13.0 Å². The van der Waals surface area contributed by atoms with Crippen LogP contribution in [0.15, 0.2) is 0 Å². The molecule has 0 saturated carbocycles. The lowest BCUT2D eigenvalue weighted by atomic mass is 9.99. The molecule has 0 aromatic heterocycles. The van der Waals surface area contributed by atoms with Crippen molar-refractivity contribution in [2.24, 2.45) is 0 Å². The van der Waals surface area contributed by atoms with Crippen molar-refractivity contribution in [3.63, 3.8) is 0 Å². The molecule has 6 unspecified atom stereocenters. The van der Waals surface area contributed by atoms with Gasteiger partial charge in [0, 0.05) is 13.0 Å². The van der Waals surface area contributed by atoms with Gasteiger partial charge in [0.05, 0.1) is 19.8 Å². The molecule has 9 nitrogen and oxygen atoms in total. The number of ether oxygens (including phenoxy) is 4. The lowest BCUT2D eigenvalue weighted by Crippen LogP contribution is -2.59. The highest BCUT2D eigenvalue weighted by molar-refractivity contribution is 5.69. The van der Waals surface area contributed by atoms with Gasteiger partial charge in [-0.3, -0.25) is 4.79 Å². The summed E-state index contributed by atoms with van der Waals surface area (Å²) >= 11 is 0. The van der Waals surface area contributed by atoms with Gasteiger partial charge in [0.15, 0.2) is 6.29 Å². The summed E-state index contributed by atoms with van der Waals surface area (Å²) in [5.74, 6) is -0.315. The number of hydrogen-bond acceptors (Lipinski definition) is 9. The number of carbonyl (C=O) groups is 1. The van der Waals surface area contributed by atoms with E-state index < -0.39 is 43.4 Å². The number of esters is 1. The molecule has 328 valence electrons. The summed E-state index contributed by atoms with van der Waals surface area (Å²) in [4.78, 5) is 12.6. The van der Waals surface area contributed by atoms with E-state index in [-0.39, 0.29) is 19.2 Å². The molecule has 0 amide bonds. The lowest BCUT2D eigenvalue weighted by molar-refractivity contribution is -0.305. The van der Waals surface area contributed by atoms with Gasteiger partial charge in [-0.2, -0.15) is 0 Å². The van der Waals surface area contributed by atoms with Gasteiger partial charge in [0.25, 0.3) is 0 Å². The lowest BCUT2D eigenvalue weighted by Gasteiger charge is -2.39. The van der Waals surface area contributed by atoms with Crippen molar-refractivity contribution in [3.05, 3.63) is 0 Å². The SMILES string of the molecule is CCCCCCCCCCCCCCCCCCCCCCCCCCCOCC(COC1OC(CO)C(O)C(O)C1O)OC(=O)CCCCCCCCC. The molecular weight excluding hydrogens is 696 g/mol. The minimum atomic E-state index is -1.53. The third-order valence-electron chi connectivity index (χ3n) is 11.3. The highest BCUT2D eigenvalue weighted by atomic mass is 16.7. The maximum Gasteiger partial charge on any atom is 0.306 e. The van der Waals surface area contributed by atoms with Crippen LogP contribution in [0.25, 0.3) is 0 Å². The molecule has 0 aromatic rings. The predicted molar refractivity (Wildman–Crippen MR) is 224 cm³/mol. The maximum atomic E-state index is 12.6. The van der Waals surface area contributed by atoms with Crippen LogP contribution in [0.4, 0.5) is 0 Å². The topological polar surface area (TPSA) is 135 Å². The summed E-state index contributed by atoms with van der Waals surface area (Å²) in [6, 6.07) is 0. The van der Waals surface area contributed by atoms with Crippen molar-refractivity contribution >= 4 is 5.97 Å². The van der Waals surface area contributed by atoms with Gasteiger partial charge < -0.3 is 39.4 Å². The Morgan fingerprint density at radius 1 is 0.509 bits per heavy atom. The molecule has 0 radical (unpaired) electrons. The molecular formula is C46H90O9. The third-order valence-corrected chi connectivity index (χ3v) is 11.3. The second-order valence-electron chi connectivity index (χ2n) is 16.6. The zero-order valence-corrected chi connectivity index (χ0v) is 36.0. The van der Waals surface area contributed by atoms with Gasteiger partial charge in [-0.25, -0.2) is 0 Å². The van der Waals surface area contributed by atoms with Crippen molar-refractivity contribution in [2.45, 2.75) is 263 Å². The number of rotatable bonds is 41. The smallest absolute Gasteiger partial charge is 0.306 e. The third kappa shape index (κ3) is 30.0. The Kier molecular flexibility index (Phi) is 36.7. The van der Waals surface area contributed by atoms with E-state index in [1.165, 1.54) is 173 Å². The van der Waals surface area contributed by atoms with Crippen LogP contribution < -0.4 is 0 Å². The maximum absolute atomic E-state index is 12.6. The fraction of sp³-hybridized carbons (Fsp3) is 0.978. The molecule has 1 aliphatic heterocycles. The highest BCUT2D eigenvalue weighted by Gasteiger charge is 2.44. The van der Waals surface area contributed by atoms with Crippen molar-refractivity contribution in [1.29, 1.82) is 0 Å². The van der Waals surface area contributed by atoms with Crippen molar-refractivity contribution in [3.8, 4) is 0 Å². The summed E-state index contributed by atoms with van der Waals surface area (Å²) in [6.45, 7) is 4.56. The molecule has 0 bridgehead atoms. The van der Waals surface area contributed by atoms with E-state index in [0.717, 1.165) is 32.1 Å².